The van der Waals surface area contributed by atoms with Gasteiger partial charge in [-0.25, -0.2) is 25.5 Å². The molecule has 9 nitrogen and oxygen atoms in total. The van der Waals surface area contributed by atoms with Crippen molar-refractivity contribution in [1.29, 1.82) is 0 Å². The van der Waals surface area contributed by atoms with Gasteiger partial charge in [0, 0.05) is 18.2 Å². The molecule has 0 aliphatic carbocycles. The molecular weight excluding hydrogens is 689 g/mol. The number of nitrogens with one attached hydrogen (secondary N) is 1. The average Bonchev–Trinajstić information content (AvgIpc) is 3.48. The Hall–Kier alpha value is -2.84. The first-order valence-corrected chi connectivity index (χ1v) is 22.9. The van der Waals surface area contributed by atoms with Crippen LogP contribution >= 0.6 is 0 Å². The maximum atomic E-state index is 14.3. The van der Waals surface area contributed by atoms with Gasteiger partial charge in [0.05, 0.1) is 27.0 Å². The van der Waals surface area contributed by atoms with Crippen molar-refractivity contribution >= 4 is 39.3 Å². The standard InChI is InChI=1S/C38H52N2O7S2Si/c1-26-19-21-29(22-20-26)49(43,44)40-25-28(23-24-45-50(10,11)36(3,4)5)33-30(16-14-17-31(33)40)34(35-37(6,7)47-38(8,9)46-35)39-48(41,42)32-18-13-12-15-27(32)2/h12-22,25,34-35,39H,23-24H2,1-11H3/t34-,35-/m0/s1. The number of nitrogens with zero attached hydrogens (tertiary/aromatic N) is 1. The van der Waals surface area contributed by atoms with Gasteiger partial charge in [0.25, 0.3) is 10.0 Å². The van der Waals surface area contributed by atoms with Gasteiger partial charge in [-0.2, -0.15) is 0 Å². The van der Waals surface area contributed by atoms with Gasteiger partial charge in [-0.3, -0.25) is 0 Å². The quantitative estimate of drug-likeness (QED) is 0.155. The molecular formula is C38H52N2O7S2Si. The molecule has 1 fully saturated rings. The number of hydrogen-bond donors (Lipinski definition) is 1. The third-order valence-electron chi connectivity index (χ3n) is 10.0. The smallest absolute Gasteiger partial charge is 0.268 e. The van der Waals surface area contributed by atoms with Gasteiger partial charge in [0.15, 0.2) is 14.1 Å². The van der Waals surface area contributed by atoms with Crippen LogP contribution < -0.4 is 4.72 Å². The first-order chi connectivity index (χ1) is 23.0. The van der Waals surface area contributed by atoms with Crippen LogP contribution in [0.2, 0.25) is 18.1 Å². The van der Waals surface area contributed by atoms with E-state index in [1.54, 1.807) is 87.6 Å². The van der Waals surface area contributed by atoms with E-state index in [0.29, 0.717) is 35.1 Å². The number of sulfonamides is 1. The molecule has 0 radical (unpaired) electrons. The molecule has 5 rings (SSSR count). The predicted octanol–water partition coefficient (Wildman–Crippen LogP) is 8.01. The van der Waals surface area contributed by atoms with Crippen LogP contribution in [0.5, 0.6) is 0 Å². The van der Waals surface area contributed by atoms with Crippen molar-refractivity contribution in [3.05, 3.63) is 95.2 Å². The largest absolute Gasteiger partial charge is 0.416 e. The molecule has 12 heteroatoms. The van der Waals surface area contributed by atoms with E-state index in [9.17, 15) is 16.8 Å². The van der Waals surface area contributed by atoms with Gasteiger partial charge < -0.3 is 13.9 Å². The second-order valence-corrected chi connectivity index (χ2v) is 24.2. The van der Waals surface area contributed by atoms with Crippen molar-refractivity contribution in [2.75, 3.05) is 6.61 Å². The summed E-state index contributed by atoms with van der Waals surface area (Å²) in [6.07, 6.45) is 1.28. The predicted molar refractivity (Wildman–Crippen MR) is 201 cm³/mol. The Morgan fingerprint density at radius 2 is 1.56 bits per heavy atom. The van der Waals surface area contributed by atoms with Gasteiger partial charge in [-0.1, -0.05) is 68.8 Å². The van der Waals surface area contributed by atoms with E-state index in [1.165, 1.54) is 3.97 Å². The second-order valence-electron chi connectivity index (χ2n) is 15.9. The molecule has 1 aliphatic heterocycles. The van der Waals surface area contributed by atoms with E-state index in [4.69, 9.17) is 13.9 Å². The first-order valence-electron chi connectivity index (χ1n) is 17.0. The lowest BCUT2D eigenvalue weighted by Crippen LogP contribution is -2.45. The zero-order chi connectivity index (χ0) is 37.1. The van der Waals surface area contributed by atoms with E-state index in [-0.39, 0.29) is 14.8 Å². The molecule has 1 aromatic heterocycles. The average molecular weight is 741 g/mol. The third kappa shape index (κ3) is 7.53. The number of aryl methyl sites for hydroxylation is 2. The fourth-order valence-electron chi connectivity index (χ4n) is 6.48. The van der Waals surface area contributed by atoms with Crippen molar-refractivity contribution in [3.63, 3.8) is 0 Å². The van der Waals surface area contributed by atoms with Crippen LogP contribution in [0.1, 0.15) is 76.8 Å². The highest BCUT2D eigenvalue weighted by molar-refractivity contribution is 7.90. The maximum absolute atomic E-state index is 14.3. The molecule has 1 aliphatic rings. The molecule has 0 amide bonds. The lowest BCUT2D eigenvalue weighted by Gasteiger charge is -2.36. The Balaban J connectivity index is 1.74. The highest BCUT2D eigenvalue weighted by Gasteiger charge is 2.52. The van der Waals surface area contributed by atoms with Crippen LogP contribution in [0.3, 0.4) is 0 Å². The summed E-state index contributed by atoms with van der Waals surface area (Å²) >= 11 is 0. The Kier molecular flexibility index (Phi) is 10.2. The molecule has 50 heavy (non-hydrogen) atoms. The number of fused-ring (bicyclic) bond motifs is 1. The molecule has 1 saturated heterocycles. The van der Waals surface area contributed by atoms with E-state index in [0.717, 1.165) is 11.1 Å². The summed E-state index contributed by atoms with van der Waals surface area (Å²) in [5.41, 5.74) is 2.35. The number of aromatic nitrogens is 1. The van der Waals surface area contributed by atoms with Crippen LogP contribution in [0, 0.1) is 13.8 Å². The van der Waals surface area contributed by atoms with Crippen LogP contribution in [0.4, 0.5) is 0 Å². The summed E-state index contributed by atoms with van der Waals surface area (Å²) in [6, 6.07) is 18.0. The number of hydrogen-bond acceptors (Lipinski definition) is 7. The molecule has 2 heterocycles. The van der Waals surface area contributed by atoms with Crippen molar-refractivity contribution in [1.82, 2.24) is 8.69 Å². The SMILES string of the molecule is Cc1ccc(S(=O)(=O)n2cc(CCO[Si](C)(C)C(C)(C)C)c3c([C@H](NS(=O)(=O)c4ccccc4C)[C@@H]4OC(C)(C)OC4(C)C)cccc32)cc1. The van der Waals surface area contributed by atoms with Crippen molar-refractivity contribution in [2.45, 2.75) is 120 Å². The monoisotopic (exact) mass is 740 g/mol. The normalized spacial score (nSPS) is 18.8. The summed E-state index contributed by atoms with van der Waals surface area (Å²) in [7, 11) is -10.3. The fraction of sp³-hybridized carbons (Fsp3) is 0.474. The fourth-order valence-corrected chi connectivity index (χ4v) is 10.4. The van der Waals surface area contributed by atoms with Gasteiger partial charge in [-0.05, 0) is 107 Å². The van der Waals surface area contributed by atoms with E-state index < -0.39 is 51.9 Å². The van der Waals surface area contributed by atoms with Crippen LogP contribution in [0.15, 0.2) is 82.7 Å². The zero-order valence-corrected chi connectivity index (χ0v) is 33.8. The lowest BCUT2D eigenvalue weighted by molar-refractivity contribution is -0.158. The molecule has 0 unspecified atom stereocenters. The zero-order valence-electron chi connectivity index (χ0n) is 31.1. The van der Waals surface area contributed by atoms with Crippen LogP contribution in [-0.2, 0) is 40.4 Å². The Labute approximate surface area is 299 Å². The second kappa shape index (κ2) is 13.3. The van der Waals surface area contributed by atoms with Crippen molar-refractivity contribution in [3.8, 4) is 0 Å². The Morgan fingerprint density at radius 1 is 0.920 bits per heavy atom. The minimum absolute atomic E-state index is 0.0158. The van der Waals surface area contributed by atoms with Gasteiger partial charge in [-0.15, -0.1) is 0 Å². The first kappa shape index (κ1) is 38.4. The van der Waals surface area contributed by atoms with Crippen molar-refractivity contribution in [2.24, 2.45) is 0 Å². The Bertz CT molecular complexity index is 2100. The van der Waals surface area contributed by atoms with Crippen LogP contribution in [-0.4, -0.2) is 53.2 Å². The third-order valence-corrected chi connectivity index (χ3v) is 17.9. The number of ether oxygens (including phenoxy) is 2. The minimum Gasteiger partial charge on any atom is -0.416 e. The lowest BCUT2D eigenvalue weighted by atomic mass is 9.88. The van der Waals surface area contributed by atoms with E-state index in [1.807, 2.05) is 26.8 Å². The number of benzene rings is 3. The summed E-state index contributed by atoms with van der Waals surface area (Å²) in [4.78, 5) is 0.303. The summed E-state index contributed by atoms with van der Waals surface area (Å²) < 4.78 is 80.7. The topological polar surface area (TPSA) is 113 Å². The molecule has 2 atom stereocenters. The van der Waals surface area contributed by atoms with Gasteiger partial charge in [0.2, 0.25) is 10.0 Å². The van der Waals surface area contributed by atoms with Gasteiger partial charge in [0.1, 0.15) is 6.10 Å². The summed E-state index contributed by atoms with van der Waals surface area (Å²) in [6.45, 7) is 22.3. The molecule has 0 spiro atoms. The van der Waals surface area contributed by atoms with Crippen molar-refractivity contribution < 1.29 is 30.7 Å². The molecule has 3 aromatic carbocycles. The summed E-state index contributed by atoms with van der Waals surface area (Å²) in [5.74, 6) is -1.00. The highest BCUT2D eigenvalue weighted by atomic mass is 32.2. The molecule has 1 N–H and O–H groups in total. The summed E-state index contributed by atoms with van der Waals surface area (Å²) in [5, 5.41) is 0.613. The minimum atomic E-state index is -4.10. The van der Waals surface area contributed by atoms with E-state index >= 15 is 0 Å². The van der Waals surface area contributed by atoms with Gasteiger partial charge >= 0.3 is 0 Å². The Morgan fingerprint density at radius 3 is 2.14 bits per heavy atom. The molecule has 0 saturated carbocycles. The highest BCUT2D eigenvalue weighted by Crippen LogP contribution is 2.45. The molecule has 4 aromatic rings. The maximum Gasteiger partial charge on any atom is 0.268 e. The number of rotatable bonds is 11. The molecule has 272 valence electrons. The molecule has 0 bridgehead atoms. The van der Waals surface area contributed by atoms with E-state index in [2.05, 4.69) is 38.6 Å². The van der Waals surface area contributed by atoms with Crippen LogP contribution in [0.25, 0.3) is 10.9 Å².